The van der Waals surface area contributed by atoms with Gasteiger partial charge in [0.05, 0.1) is 17.1 Å². The lowest BCUT2D eigenvalue weighted by Crippen LogP contribution is -2.03. The number of benzene rings is 1. The van der Waals surface area contributed by atoms with Crippen molar-refractivity contribution in [3.8, 4) is 5.75 Å². The van der Waals surface area contributed by atoms with Gasteiger partial charge >= 0.3 is 0 Å². The van der Waals surface area contributed by atoms with Gasteiger partial charge in [0, 0.05) is 12.3 Å². The van der Waals surface area contributed by atoms with Crippen molar-refractivity contribution in [1.29, 1.82) is 0 Å². The third kappa shape index (κ3) is 2.49. The van der Waals surface area contributed by atoms with Crippen LogP contribution in [0.25, 0.3) is 0 Å². The highest BCUT2D eigenvalue weighted by molar-refractivity contribution is 9.10. The van der Waals surface area contributed by atoms with Crippen LogP contribution >= 0.6 is 27.5 Å². The molecule has 1 aromatic carbocycles. The second-order valence-corrected chi connectivity index (χ2v) is 3.92. The molecule has 2 nitrogen and oxygen atoms in total. The minimum Gasteiger partial charge on any atom is -0.495 e. The molecular weight excluding hydrogens is 267 g/mol. The van der Waals surface area contributed by atoms with E-state index in [2.05, 4.69) is 15.9 Å². The largest absolute Gasteiger partial charge is 0.495 e. The lowest BCUT2D eigenvalue weighted by Gasteiger charge is -2.08. The number of carbonyl (C=O) groups is 1. The van der Waals surface area contributed by atoms with Crippen LogP contribution in [0.5, 0.6) is 5.75 Å². The van der Waals surface area contributed by atoms with Crippen molar-refractivity contribution in [1.82, 2.24) is 0 Å². The zero-order valence-electron chi connectivity index (χ0n) is 7.72. The maximum Gasteiger partial charge on any atom is 0.167 e. The van der Waals surface area contributed by atoms with E-state index in [4.69, 9.17) is 16.3 Å². The zero-order valence-corrected chi connectivity index (χ0v) is 10.1. The first kappa shape index (κ1) is 11.5. The Morgan fingerprint density at radius 2 is 2.29 bits per heavy atom. The quantitative estimate of drug-likeness (QED) is 0.624. The average Bonchev–Trinajstić information content (AvgIpc) is 2.17. The molecular formula is C10H10BrClO2. The third-order valence-electron chi connectivity index (χ3n) is 1.79. The monoisotopic (exact) mass is 276 g/mol. The van der Waals surface area contributed by atoms with Gasteiger partial charge in [0.2, 0.25) is 0 Å². The molecule has 0 heterocycles. The van der Waals surface area contributed by atoms with E-state index in [1.54, 1.807) is 12.1 Å². The second kappa shape index (κ2) is 5.37. The summed E-state index contributed by atoms with van der Waals surface area (Å²) in [4.78, 5) is 11.6. The van der Waals surface area contributed by atoms with Crippen LogP contribution in [0.2, 0.25) is 0 Å². The number of halogens is 2. The van der Waals surface area contributed by atoms with Crippen LogP contribution in [0.1, 0.15) is 16.8 Å². The van der Waals surface area contributed by atoms with Gasteiger partial charge in [-0.3, -0.25) is 4.79 Å². The molecule has 0 fully saturated rings. The molecule has 0 aromatic heterocycles. The van der Waals surface area contributed by atoms with Crippen LogP contribution in [-0.4, -0.2) is 18.8 Å². The minimum absolute atomic E-state index is 0.00171. The smallest absolute Gasteiger partial charge is 0.167 e. The SMILES string of the molecule is COc1c(Br)cccc1C(=O)CCCl. The van der Waals surface area contributed by atoms with Gasteiger partial charge in [-0.05, 0) is 28.1 Å². The van der Waals surface area contributed by atoms with Gasteiger partial charge in [-0.1, -0.05) is 6.07 Å². The van der Waals surface area contributed by atoms with E-state index in [1.165, 1.54) is 7.11 Å². The van der Waals surface area contributed by atoms with Crippen molar-refractivity contribution in [2.24, 2.45) is 0 Å². The number of para-hydroxylation sites is 1. The Morgan fingerprint density at radius 1 is 1.57 bits per heavy atom. The van der Waals surface area contributed by atoms with Gasteiger partial charge < -0.3 is 4.74 Å². The van der Waals surface area contributed by atoms with Crippen LogP contribution in [0, 0.1) is 0 Å². The van der Waals surface area contributed by atoms with Gasteiger partial charge in [0.1, 0.15) is 5.75 Å². The molecule has 0 aliphatic rings. The standard InChI is InChI=1S/C10H10BrClO2/c1-14-10-7(9(13)5-6-12)3-2-4-8(10)11/h2-4H,5-6H2,1H3. The Hall–Kier alpha value is -0.540. The van der Waals surface area contributed by atoms with E-state index < -0.39 is 0 Å². The molecule has 76 valence electrons. The number of hydrogen-bond donors (Lipinski definition) is 0. The molecule has 0 spiro atoms. The van der Waals surface area contributed by atoms with Gasteiger partial charge in [-0.25, -0.2) is 0 Å². The summed E-state index contributed by atoms with van der Waals surface area (Å²) in [7, 11) is 1.54. The Labute approximate surface area is 96.3 Å². The Balaban J connectivity index is 3.07. The number of Topliss-reactive ketones (excluding diaryl/α,β-unsaturated/α-hetero) is 1. The van der Waals surface area contributed by atoms with E-state index in [0.29, 0.717) is 23.6 Å². The van der Waals surface area contributed by atoms with Crippen molar-refractivity contribution in [3.63, 3.8) is 0 Å². The maximum atomic E-state index is 11.6. The molecule has 0 N–H and O–H groups in total. The van der Waals surface area contributed by atoms with Crippen molar-refractivity contribution >= 4 is 33.3 Å². The number of ketones is 1. The maximum absolute atomic E-state index is 11.6. The van der Waals surface area contributed by atoms with Crippen molar-refractivity contribution < 1.29 is 9.53 Å². The van der Waals surface area contributed by atoms with Gasteiger partial charge in [0.15, 0.2) is 5.78 Å². The highest BCUT2D eigenvalue weighted by atomic mass is 79.9. The molecule has 0 atom stereocenters. The van der Waals surface area contributed by atoms with Crippen molar-refractivity contribution in [3.05, 3.63) is 28.2 Å². The lowest BCUT2D eigenvalue weighted by atomic mass is 10.1. The summed E-state index contributed by atoms with van der Waals surface area (Å²) in [6.07, 6.45) is 0.328. The number of hydrogen-bond acceptors (Lipinski definition) is 2. The Kier molecular flexibility index (Phi) is 4.42. The molecule has 0 saturated heterocycles. The average molecular weight is 278 g/mol. The topological polar surface area (TPSA) is 26.3 Å². The Morgan fingerprint density at radius 3 is 2.86 bits per heavy atom. The predicted octanol–water partition coefficient (Wildman–Crippen LogP) is 3.27. The number of methoxy groups -OCH3 is 1. The highest BCUT2D eigenvalue weighted by Gasteiger charge is 2.13. The van der Waals surface area contributed by atoms with Crippen molar-refractivity contribution in [2.45, 2.75) is 6.42 Å². The fourth-order valence-electron chi connectivity index (χ4n) is 1.16. The lowest BCUT2D eigenvalue weighted by molar-refractivity contribution is 0.0986. The number of carbonyl (C=O) groups excluding carboxylic acids is 1. The first-order valence-corrected chi connectivity index (χ1v) is 5.45. The number of alkyl halides is 1. The van der Waals surface area contributed by atoms with Crippen LogP contribution in [0.4, 0.5) is 0 Å². The number of rotatable bonds is 4. The summed E-state index contributed by atoms with van der Waals surface area (Å²) < 4.78 is 5.91. The Bertz CT molecular complexity index is 339. The summed E-state index contributed by atoms with van der Waals surface area (Å²) in [5.74, 6) is 0.898. The highest BCUT2D eigenvalue weighted by Crippen LogP contribution is 2.29. The number of ether oxygens (including phenoxy) is 1. The van der Waals surface area contributed by atoms with E-state index in [1.807, 2.05) is 6.07 Å². The first-order valence-electron chi connectivity index (χ1n) is 4.12. The fraction of sp³-hybridized carbons (Fsp3) is 0.300. The van der Waals surface area contributed by atoms with Crippen LogP contribution in [-0.2, 0) is 0 Å². The summed E-state index contributed by atoms with van der Waals surface area (Å²) in [5, 5.41) is 0. The first-order chi connectivity index (χ1) is 6.70. The van der Waals surface area contributed by atoms with Crippen LogP contribution in [0.3, 0.4) is 0 Å². The van der Waals surface area contributed by atoms with E-state index in [0.717, 1.165) is 4.47 Å². The van der Waals surface area contributed by atoms with Gasteiger partial charge in [-0.2, -0.15) is 0 Å². The fourth-order valence-corrected chi connectivity index (χ4v) is 1.86. The molecule has 14 heavy (non-hydrogen) atoms. The van der Waals surface area contributed by atoms with E-state index >= 15 is 0 Å². The molecule has 4 heteroatoms. The molecule has 0 radical (unpaired) electrons. The molecule has 0 unspecified atom stereocenters. The molecule has 1 aromatic rings. The predicted molar refractivity (Wildman–Crippen MR) is 60.4 cm³/mol. The summed E-state index contributed by atoms with van der Waals surface area (Å²) in [5.41, 5.74) is 0.572. The van der Waals surface area contributed by atoms with Crippen LogP contribution < -0.4 is 4.74 Å². The molecule has 0 aliphatic carbocycles. The molecule has 0 bridgehead atoms. The van der Waals surface area contributed by atoms with Crippen LogP contribution in [0.15, 0.2) is 22.7 Å². The summed E-state index contributed by atoms with van der Waals surface area (Å²) >= 11 is 8.82. The van der Waals surface area contributed by atoms with Gasteiger partial charge in [-0.15, -0.1) is 11.6 Å². The molecule has 0 amide bonds. The van der Waals surface area contributed by atoms with Crippen molar-refractivity contribution in [2.75, 3.05) is 13.0 Å². The van der Waals surface area contributed by atoms with E-state index in [9.17, 15) is 4.79 Å². The molecule has 1 rings (SSSR count). The zero-order chi connectivity index (χ0) is 10.6. The minimum atomic E-state index is -0.00171. The third-order valence-corrected chi connectivity index (χ3v) is 2.61. The normalized spacial score (nSPS) is 9.93. The summed E-state index contributed by atoms with van der Waals surface area (Å²) in [6.45, 7) is 0. The summed E-state index contributed by atoms with van der Waals surface area (Å²) in [6, 6.07) is 5.36. The molecule has 0 saturated carbocycles. The van der Waals surface area contributed by atoms with Gasteiger partial charge in [0.25, 0.3) is 0 Å². The second-order valence-electron chi connectivity index (χ2n) is 2.68. The van der Waals surface area contributed by atoms with E-state index in [-0.39, 0.29) is 5.78 Å². The molecule has 0 aliphatic heterocycles.